The van der Waals surface area contributed by atoms with Gasteiger partial charge in [-0.1, -0.05) is 18.9 Å². The predicted molar refractivity (Wildman–Crippen MR) is 217 cm³/mol. The quantitative estimate of drug-likeness (QED) is 0.0551. The van der Waals surface area contributed by atoms with Gasteiger partial charge in [0, 0.05) is 90.2 Å². The standard InChI is InChI=1S/C46H55ClN2O6/c47-19-5-1-2-8-24-53-26-27-54-25-11-16-40(50)31-17-18-34(46(51)52)37(28-31)41-38-29-32-12-3-6-20-48-22-9-14-35(42(32)48)44(38)55-45-36-15-10-23-49-21-7-4-13-33(43(36)49)30-39(41)45/h17-18,28-30H,1-16,19-27H2/p+1. The lowest BCUT2D eigenvalue weighted by molar-refractivity contribution is 0.0447. The van der Waals surface area contributed by atoms with E-state index in [1.54, 1.807) is 12.1 Å². The minimum atomic E-state index is -0.994. The molecular weight excluding hydrogens is 712 g/mol. The van der Waals surface area contributed by atoms with Crippen LogP contribution in [0.2, 0.25) is 0 Å². The molecule has 0 radical (unpaired) electrons. The number of Topliss-reactive ketones (excluding diaryl/α,β-unsaturated/α-hetero) is 1. The number of benzene rings is 3. The molecule has 9 heteroatoms. The number of carbonyl (C=O) groups is 2. The van der Waals surface area contributed by atoms with Crippen molar-refractivity contribution in [2.24, 2.45) is 0 Å². The molecule has 3 aromatic carbocycles. The molecule has 55 heavy (non-hydrogen) atoms. The van der Waals surface area contributed by atoms with E-state index < -0.39 is 5.97 Å². The Kier molecular flexibility index (Phi) is 12.2. The maximum Gasteiger partial charge on any atom is 0.336 e. The highest BCUT2D eigenvalue weighted by Crippen LogP contribution is 2.48. The molecule has 0 amide bonds. The van der Waals surface area contributed by atoms with Crippen LogP contribution in [0.15, 0.2) is 30.3 Å². The molecule has 0 fully saturated rings. The van der Waals surface area contributed by atoms with Crippen LogP contribution in [-0.4, -0.2) is 75.3 Å². The van der Waals surface area contributed by atoms with Crippen molar-refractivity contribution in [2.45, 2.75) is 103 Å². The van der Waals surface area contributed by atoms with Crippen molar-refractivity contribution in [3.05, 3.63) is 85.4 Å². The average Bonchev–Trinajstić information content (AvgIpc) is 3.55. The molecule has 0 bridgehead atoms. The Morgan fingerprint density at radius 2 is 1.51 bits per heavy atom. The first-order valence-electron chi connectivity index (χ1n) is 21.1. The second-order valence-electron chi connectivity index (χ2n) is 16.0. The number of ketones is 1. The number of hydrogen-bond acceptors (Lipinski definition) is 6. The Bertz CT molecular complexity index is 2080. The van der Waals surface area contributed by atoms with E-state index in [1.807, 2.05) is 6.07 Å². The number of rotatable bonds is 16. The second kappa shape index (κ2) is 17.6. The SMILES string of the molecule is O=C(CCCOCCOCCCCCCCl)c1ccc(C(=O)O)c(C2=c3cc4c5c(c3Oc3c2cc2c6c3CCCN6CCCC2)CCC[N+]=5CCCC4)c1. The van der Waals surface area contributed by atoms with Crippen molar-refractivity contribution in [1.82, 2.24) is 4.58 Å². The van der Waals surface area contributed by atoms with E-state index in [9.17, 15) is 14.7 Å². The molecule has 0 aliphatic carbocycles. The lowest BCUT2D eigenvalue weighted by Crippen LogP contribution is -2.41. The van der Waals surface area contributed by atoms with Gasteiger partial charge in [0.05, 0.1) is 24.3 Å². The summed E-state index contributed by atoms with van der Waals surface area (Å²) in [5, 5.41) is 13.0. The van der Waals surface area contributed by atoms with Crippen LogP contribution in [0.4, 0.5) is 5.69 Å². The van der Waals surface area contributed by atoms with E-state index in [-0.39, 0.29) is 11.3 Å². The fourth-order valence-electron chi connectivity index (χ4n) is 9.68. The van der Waals surface area contributed by atoms with Gasteiger partial charge in [-0.15, -0.1) is 11.6 Å². The van der Waals surface area contributed by atoms with Gasteiger partial charge in [-0.25, -0.2) is 9.37 Å². The van der Waals surface area contributed by atoms with Gasteiger partial charge in [0.1, 0.15) is 24.6 Å². The van der Waals surface area contributed by atoms with E-state index in [4.69, 9.17) is 25.8 Å². The number of unbranched alkanes of at least 4 members (excludes halogenated alkanes) is 3. The lowest BCUT2D eigenvalue weighted by atomic mass is 9.82. The summed E-state index contributed by atoms with van der Waals surface area (Å²) in [5.41, 5.74) is 9.72. The largest absolute Gasteiger partial charge is 0.478 e. The van der Waals surface area contributed by atoms with E-state index in [0.29, 0.717) is 49.7 Å². The summed E-state index contributed by atoms with van der Waals surface area (Å²) in [7, 11) is 0. The third-order valence-corrected chi connectivity index (χ3v) is 12.5. The molecule has 3 aromatic rings. The molecule has 0 saturated heterocycles. The third-order valence-electron chi connectivity index (χ3n) is 12.3. The lowest BCUT2D eigenvalue weighted by Gasteiger charge is -2.35. The number of fused-ring (bicyclic) bond motifs is 4. The molecule has 8 nitrogen and oxygen atoms in total. The smallest absolute Gasteiger partial charge is 0.336 e. The van der Waals surface area contributed by atoms with Crippen LogP contribution in [0.3, 0.4) is 0 Å². The highest BCUT2D eigenvalue weighted by atomic mass is 35.5. The van der Waals surface area contributed by atoms with E-state index in [1.165, 1.54) is 33.3 Å². The predicted octanol–water partition coefficient (Wildman–Crippen LogP) is 7.40. The van der Waals surface area contributed by atoms with Crippen molar-refractivity contribution >= 4 is 34.6 Å². The van der Waals surface area contributed by atoms with Crippen LogP contribution in [0, 0.1) is 0 Å². The number of aryl methyl sites for hydroxylation is 2. The van der Waals surface area contributed by atoms with Gasteiger partial charge in [-0.3, -0.25) is 4.79 Å². The zero-order chi connectivity index (χ0) is 37.7. The maximum absolute atomic E-state index is 13.8. The summed E-state index contributed by atoms with van der Waals surface area (Å²) in [6.07, 6.45) is 15.8. The Labute approximate surface area is 330 Å². The van der Waals surface area contributed by atoms with Crippen LogP contribution < -0.4 is 24.8 Å². The molecule has 5 aliphatic heterocycles. The number of anilines is 1. The molecule has 292 valence electrons. The van der Waals surface area contributed by atoms with E-state index >= 15 is 0 Å². The number of carboxylic acid groups (broad SMARTS) is 1. The zero-order valence-corrected chi connectivity index (χ0v) is 33.1. The average molecular weight is 768 g/mol. The Morgan fingerprint density at radius 1 is 0.745 bits per heavy atom. The van der Waals surface area contributed by atoms with Gasteiger partial charge in [0.15, 0.2) is 5.78 Å². The molecule has 0 saturated carbocycles. The molecule has 5 aliphatic rings. The summed E-state index contributed by atoms with van der Waals surface area (Å²) < 4.78 is 21.3. The third kappa shape index (κ3) is 7.97. The Balaban J connectivity index is 1.15. The topological polar surface area (TPSA) is 88.3 Å². The van der Waals surface area contributed by atoms with Crippen LogP contribution in [0.25, 0.3) is 5.57 Å². The van der Waals surface area contributed by atoms with Crippen LogP contribution in [0.5, 0.6) is 11.5 Å². The molecule has 0 aromatic heterocycles. The number of alkyl halides is 1. The van der Waals surface area contributed by atoms with Crippen molar-refractivity contribution in [1.29, 1.82) is 0 Å². The molecule has 0 unspecified atom stereocenters. The summed E-state index contributed by atoms with van der Waals surface area (Å²) in [4.78, 5) is 29.5. The minimum Gasteiger partial charge on any atom is -0.478 e. The number of aromatic carboxylic acids is 1. The summed E-state index contributed by atoms with van der Waals surface area (Å²) in [6.45, 7) is 6.46. The summed E-state index contributed by atoms with van der Waals surface area (Å²) in [6, 6.07) is 9.80. The first-order valence-corrected chi connectivity index (χ1v) is 21.6. The maximum atomic E-state index is 13.8. The monoisotopic (exact) mass is 767 g/mol. The van der Waals surface area contributed by atoms with Gasteiger partial charge in [0.25, 0.3) is 0 Å². The number of nitrogens with zero attached hydrogens (tertiary/aromatic N) is 2. The van der Waals surface area contributed by atoms with Gasteiger partial charge >= 0.3 is 5.97 Å². The molecule has 0 spiro atoms. The minimum absolute atomic E-state index is 0.0107. The second-order valence-corrected chi connectivity index (χ2v) is 16.3. The Morgan fingerprint density at radius 3 is 2.36 bits per heavy atom. The fraction of sp³-hybridized carbons (Fsp3) is 0.543. The first-order chi connectivity index (χ1) is 27.0. The van der Waals surface area contributed by atoms with E-state index in [0.717, 1.165) is 151 Å². The number of ether oxygens (including phenoxy) is 3. The highest BCUT2D eigenvalue weighted by molar-refractivity contribution is 6.17. The van der Waals surface area contributed by atoms with Gasteiger partial charge in [-0.2, -0.15) is 0 Å². The van der Waals surface area contributed by atoms with Crippen molar-refractivity contribution in [2.75, 3.05) is 63.4 Å². The summed E-state index contributed by atoms with van der Waals surface area (Å²) >= 11 is 5.75. The normalized spacial score (nSPS) is 17.0. The van der Waals surface area contributed by atoms with Crippen molar-refractivity contribution < 1.29 is 28.9 Å². The molecule has 8 rings (SSSR count). The summed E-state index contributed by atoms with van der Waals surface area (Å²) in [5.74, 6) is 1.48. The van der Waals surface area contributed by atoms with E-state index in [2.05, 4.69) is 21.6 Å². The van der Waals surface area contributed by atoms with Crippen LogP contribution in [0.1, 0.15) is 131 Å². The van der Waals surface area contributed by atoms with Crippen LogP contribution in [-0.2, 0) is 35.2 Å². The van der Waals surface area contributed by atoms with Gasteiger partial charge in [0.2, 0.25) is 5.36 Å². The number of carboxylic acids is 1. The molecule has 0 atom stereocenters. The fourth-order valence-corrected chi connectivity index (χ4v) is 9.87. The van der Waals surface area contributed by atoms with Crippen molar-refractivity contribution in [3.8, 4) is 11.5 Å². The molecule has 1 N–H and O–H groups in total. The molecular formula is C46H56ClN2O6+. The first kappa shape index (κ1) is 38.2. The Hall–Kier alpha value is -3.72. The van der Waals surface area contributed by atoms with Crippen LogP contribution >= 0.6 is 11.6 Å². The van der Waals surface area contributed by atoms with Gasteiger partial charge in [-0.05, 0) is 106 Å². The number of halogens is 1. The zero-order valence-electron chi connectivity index (χ0n) is 32.3. The number of hydrogen-bond donors (Lipinski definition) is 1. The molecule has 5 heterocycles. The van der Waals surface area contributed by atoms with Gasteiger partial charge < -0.3 is 24.2 Å². The van der Waals surface area contributed by atoms with Crippen molar-refractivity contribution in [3.63, 3.8) is 0 Å². The number of carbonyl (C=O) groups excluding carboxylic acids is 1. The highest BCUT2D eigenvalue weighted by Gasteiger charge is 2.36.